The van der Waals surface area contributed by atoms with Gasteiger partial charge in [0.15, 0.2) is 0 Å². The van der Waals surface area contributed by atoms with E-state index in [4.69, 9.17) is 0 Å². The van der Waals surface area contributed by atoms with E-state index in [-0.39, 0.29) is 0 Å². The summed E-state index contributed by atoms with van der Waals surface area (Å²) in [5.74, 6) is 0. The molecule has 0 aliphatic heterocycles. The number of halogens is 4. The van der Waals surface area contributed by atoms with Gasteiger partial charge in [-0.05, 0) is 13.8 Å². The lowest BCUT2D eigenvalue weighted by Crippen LogP contribution is -2.18. The van der Waals surface area contributed by atoms with Crippen molar-refractivity contribution >= 4 is 33.2 Å². The second-order valence-electron chi connectivity index (χ2n) is 2.32. The highest BCUT2D eigenvalue weighted by Gasteiger charge is 2.31. The largest absolute Gasteiger partial charge is 0.429 e. The van der Waals surface area contributed by atoms with E-state index in [1.54, 1.807) is 6.92 Å². The van der Waals surface area contributed by atoms with E-state index in [1.807, 2.05) is 0 Å². The summed E-state index contributed by atoms with van der Waals surface area (Å²) in [5, 5.41) is 0.687. The van der Waals surface area contributed by atoms with Crippen LogP contribution in [0.5, 0.6) is 0 Å². The maximum atomic E-state index is 11.8. The molecule has 0 N–H and O–H groups in total. The van der Waals surface area contributed by atoms with Crippen molar-refractivity contribution in [2.24, 2.45) is 4.99 Å². The number of hydrogen-bond acceptors (Lipinski definition) is 1. The minimum atomic E-state index is -4.30. The van der Waals surface area contributed by atoms with Crippen LogP contribution < -0.4 is 0 Å². The summed E-state index contributed by atoms with van der Waals surface area (Å²) in [4.78, 5) is 3.29. The maximum absolute atomic E-state index is 11.8. The highest BCUT2D eigenvalue weighted by Crippen LogP contribution is 2.17. The van der Waals surface area contributed by atoms with Gasteiger partial charge in [-0.15, -0.1) is 22.4 Å². The Balaban J connectivity index is 4.39. The first kappa shape index (κ1) is 12.0. The second kappa shape index (κ2) is 4.88. The van der Waals surface area contributed by atoms with Crippen LogP contribution in [0.3, 0.4) is 0 Å². The predicted molar refractivity (Wildman–Crippen MR) is 54.1 cm³/mol. The van der Waals surface area contributed by atoms with Gasteiger partial charge in [-0.3, -0.25) is 4.99 Å². The van der Waals surface area contributed by atoms with Gasteiger partial charge >= 0.3 is 6.18 Å². The fourth-order valence-electron chi connectivity index (χ4n) is 0.315. The summed E-state index contributed by atoms with van der Waals surface area (Å²) < 4.78 is 35.5. The zero-order valence-corrected chi connectivity index (χ0v) is 8.90. The molecule has 0 aliphatic carbocycles. The van der Waals surface area contributed by atoms with Crippen molar-refractivity contribution in [3.8, 4) is 0 Å². The molecule has 68 valence electrons. The van der Waals surface area contributed by atoms with Crippen LogP contribution in [0.2, 0.25) is 0 Å². The number of nitrogens with zero attached hydrogens (tertiary/aromatic N) is 1. The van der Waals surface area contributed by atoms with Crippen LogP contribution in [0.25, 0.3) is 0 Å². The zero-order valence-electron chi connectivity index (χ0n) is 6.74. The second-order valence-corrected chi connectivity index (χ2v) is 3.08. The monoisotopic (exact) mass is 289 g/mol. The van der Waals surface area contributed by atoms with Gasteiger partial charge < -0.3 is 0 Å². The van der Waals surface area contributed by atoms with E-state index in [9.17, 15) is 13.2 Å². The molecule has 0 spiro atoms. The summed E-state index contributed by atoms with van der Waals surface area (Å²) in [6.45, 7) is 2.69. The Labute approximate surface area is 83.2 Å². The lowest BCUT2D eigenvalue weighted by atomic mass is 9.99. The molecule has 0 unspecified atom stereocenters. The molecular formula is C6H8BF3IN. The molecule has 0 fully saturated rings. The highest BCUT2D eigenvalue weighted by molar-refractivity contribution is 14.1. The highest BCUT2D eigenvalue weighted by atomic mass is 127. The van der Waals surface area contributed by atoms with E-state index in [0.29, 0.717) is 5.14 Å². The molecule has 6 heteroatoms. The van der Waals surface area contributed by atoms with E-state index in [1.165, 1.54) is 6.20 Å². The molecular weight excluding hydrogens is 281 g/mol. The fourth-order valence-corrected chi connectivity index (χ4v) is 0.512. The minimum Gasteiger partial charge on any atom is -0.257 e. The molecule has 0 amide bonds. The van der Waals surface area contributed by atoms with Crippen LogP contribution in [0.1, 0.15) is 13.8 Å². The summed E-state index contributed by atoms with van der Waals surface area (Å²) in [6.07, 6.45) is -3.06. The van der Waals surface area contributed by atoms with E-state index in [2.05, 4.69) is 27.4 Å². The van der Waals surface area contributed by atoms with E-state index in [0.717, 1.165) is 12.4 Å². The van der Waals surface area contributed by atoms with Crippen LogP contribution >= 0.6 is 22.4 Å². The third-order valence-electron chi connectivity index (χ3n) is 1.10. The van der Waals surface area contributed by atoms with Gasteiger partial charge in [0, 0.05) is 6.20 Å². The SMILES string of the molecule is C/C(BI)=C\N=C(/C)C(F)(F)F. The molecule has 0 heterocycles. The standard InChI is InChI=1S/C6H8BF3IN/c1-4(7-11)3-12-5(2)6(8,9)10/h3,7H,1-2H3/b4-3+,12-5+. The summed E-state index contributed by atoms with van der Waals surface area (Å²) in [5.41, 5.74) is 0.00546. The van der Waals surface area contributed by atoms with Crippen molar-refractivity contribution in [2.45, 2.75) is 20.0 Å². The molecule has 0 saturated heterocycles. The van der Waals surface area contributed by atoms with Crippen molar-refractivity contribution in [1.82, 2.24) is 0 Å². The smallest absolute Gasteiger partial charge is 0.257 e. The van der Waals surface area contributed by atoms with Crippen LogP contribution in [0.4, 0.5) is 13.2 Å². The Morgan fingerprint density at radius 1 is 1.42 bits per heavy atom. The quantitative estimate of drug-likeness (QED) is 0.421. The summed E-state index contributed by atoms with van der Waals surface area (Å²) in [6, 6.07) is 0. The Hall–Kier alpha value is -0.00506. The lowest BCUT2D eigenvalue weighted by molar-refractivity contribution is -0.0591. The Kier molecular flexibility index (Phi) is 4.88. The summed E-state index contributed by atoms with van der Waals surface area (Å²) >= 11 is 2.06. The Bertz CT molecular complexity index is 209. The van der Waals surface area contributed by atoms with Crippen molar-refractivity contribution in [2.75, 3.05) is 0 Å². The van der Waals surface area contributed by atoms with Gasteiger partial charge in [0.25, 0.3) is 0 Å². The average Bonchev–Trinajstić information content (AvgIpc) is 1.97. The third-order valence-corrected chi connectivity index (χ3v) is 2.30. The molecule has 0 aromatic carbocycles. The number of aliphatic imine (C=N–C) groups is 1. The van der Waals surface area contributed by atoms with Crippen molar-refractivity contribution in [1.29, 1.82) is 0 Å². The van der Waals surface area contributed by atoms with E-state index < -0.39 is 11.9 Å². The first-order chi connectivity index (χ1) is 5.38. The molecule has 1 nitrogen and oxygen atoms in total. The molecule has 0 aromatic heterocycles. The Morgan fingerprint density at radius 2 is 1.92 bits per heavy atom. The molecule has 12 heavy (non-hydrogen) atoms. The van der Waals surface area contributed by atoms with Gasteiger partial charge in [-0.25, -0.2) is 0 Å². The number of alkyl halides is 3. The third kappa shape index (κ3) is 4.79. The van der Waals surface area contributed by atoms with E-state index >= 15 is 0 Å². The molecule has 0 rings (SSSR count). The first-order valence-electron chi connectivity index (χ1n) is 3.21. The lowest BCUT2D eigenvalue weighted by Gasteiger charge is -2.02. The average molecular weight is 289 g/mol. The van der Waals surface area contributed by atoms with Crippen LogP contribution in [-0.4, -0.2) is 17.0 Å². The normalized spacial score (nSPS) is 14.8. The number of hydrogen-bond donors (Lipinski definition) is 0. The molecule has 0 aromatic rings. The molecule has 0 aliphatic rings. The van der Waals surface area contributed by atoms with Crippen molar-refractivity contribution in [3.63, 3.8) is 0 Å². The Morgan fingerprint density at radius 3 is 2.25 bits per heavy atom. The molecule has 0 bridgehead atoms. The topological polar surface area (TPSA) is 12.4 Å². The predicted octanol–water partition coefficient (Wildman–Crippen LogP) is 2.66. The van der Waals surface area contributed by atoms with Gasteiger partial charge in [0.05, 0.1) is 0 Å². The molecule has 0 atom stereocenters. The first-order valence-corrected chi connectivity index (χ1v) is 4.73. The van der Waals surface area contributed by atoms with Crippen molar-refractivity contribution < 1.29 is 13.2 Å². The van der Waals surface area contributed by atoms with Gasteiger partial charge in [-0.2, -0.15) is 13.2 Å². The fraction of sp³-hybridized carbons (Fsp3) is 0.500. The summed E-state index contributed by atoms with van der Waals surface area (Å²) in [7, 11) is 0. The molecule has 0 saturated carbocycles. The number of rotatable bonds is 2. The van der Waals surface area contributed by atoms with Gasteiger partial charge in [0.1, 0.15) is 5.71 Å². The van der Waals surface area contributed by atoms with Gasteiger partial charge in [-0.1, -0.05) is 5.47 Å². The van der Waals surface area contributed by atoms with Crippen LogP contribution in [0, 0.1) is 0 Å². The zero-order chi connectivity index (χ0) is 9.78. The molecule has 0 radical (unpaired) electrons. The van der Waals surface area contributed by atoms with Gasteiger partial charge in [0.2, 0.25) is 5.14 Å². The minimum absolute atomic E-state index is 0.687. The van der Waals surface area contributed by atoms with Crippen molar-refractivity contribution in [3.05, 3.63) is 11.7 Å². The van der Waals surface area contributed by atoms with Crippen LogP contribution in [-0.2, 0) is 0 Å². The van der Waals surface area contributed by atoms with Crippen LogP contribution in [0.15, 0.2) is 16.7 Å². The maximum Gasteiger partial charge on any atom is 0.429 e. The number of allylic oxidation sites excluding steroid dienone is 1.